The van der Waals surface area contributed by atoms with Crippen LogP contribution < -0.4 is 0 Å². The minimum Gasteiger partial charge on any atom is -0.333 e. The minimum absolute atomic E-state index is 0.00854. The molecule has 2 unspecified atom stereocenters. The number of rotatable bonds is 5. The molecule has 2 atom stereocenters. The van der Waals surface area contributed by atoms with Crippen LogP contribution in [-0.4, -0.2) is 16.3 Å². The van der Waals surface area contributed by atoms with E-state index in [4.69, 9.17) is 27.7 Å². The molecule has 0 amide bonds. The molecule has 0 aliphatic carbocycles. The maximum Gasteiger partial charge on any atom is 0.287 e. The molecule has 0 rings (SSSR count). The zero-order chi connectivity index (χ0) is 9.78. The molecule has 0 radical (unpaired) electrons. The predicted octanol–water partition coefficient (Wildman–Crippen LogP) is 2.59. The van der Waals surface area contributed by atoms with Gasteiger partial charge >= 0.3 is 0 Å². The molecule has 0 heterocycles. The Morgan fingerprint density at radius 1 is 1.67 bits per heavy atom. The molecule has 72 valence electrons. The first-order valence-corrected chi connectivity index (χ1v) is 6.64. The molecule has 0 aromatic rings. The predicted molar refractivity (Wildman–Crippen MR) is 49.8 cm³/mol. The summed E-state index contributed by atoms with van der Waals surface area (Å²) in [5.41, 5.74) is 0. The highest BCUT2D eigenvalue weighted by molar-refractivity contribution is 7.84. The Bertz CT molecular complexity index is 201. The lowest BCUT2D eigenvalue weighted by molar-refractivity contribution is -0.112. The zero-order valence-electron chi connectivity index (χ0n) is 6.67. The molecule has 0 bridgehead atoms. The summed E-state index contributed by atoms with van der Waals surface area (Å²) in [6.07, 6.45) is 0.689. The summed E-state index contributed by atoms with van der Waals surface area (Å²) in [5.74, 6) is 0.00854. The van der Waals surface area contributed by atoms with Crippen molar-refractivity contribution >= 4 is 34.8 Å². The van der Waals surface area contributed by atoms with Gasteiger partial charge in [-0.3, -0.25) is 9.36 Å². The van der Waals surface area contributed by atoms with E-state index in [1.54, 1.807) is 6.92 Å². The molecule has 0 spiro atoms. The summed E-state index contributed by atoms with van der Waals surface area (Å²) >= 11 is 10.2. The van der Waals surface area contributed by atoms with E-state index in [1.807, 2.05) is 0 Å². The van der Waals surface area contributed by atoms with Gasteiger partial charge in [-0.25, -0.2) is 0 Å². The Hall–Kier alpha value is 0.440. The van der Waals surface area contributed by atoms with Crippen LogP contribution in [0.3, 0.4) is 0 Å². The normalized spacial score (nSPS) is 18.3. The number of hydrogen-bond donors (Lipinski definition) is 1. The van der Waals surface area contributed by atoms with E-state index in [2.05, 4.69) is 0 Å². The average Bonchev–Trinajstić information content (AvgIpc) is 1.80. The summed E-state index contributed by atoms with van der Waals surface area (Å²) in [6.45, 7) is -1.66. The Morgan fingerprint density at radius 3 is 2.50 bits per heavy atom. The van der Waals surface area contributed by atoms with E-state index in [1.165, 1.54) is 0 Å². The van der Waals surface area contributed by atoms with Crippen LogP contribution in [-0.2, 0) is 9.36 Å². The maximum absolute atomic E-state index is 10.6. The third-order valence-electron chi connectivity index (χ3n) is 1.41. The molecular formula is C6H11Cl2O3P. The second-order valence-corrected chi connectivity index (χ2v) is 6.48. The molecule has 0 aromatic carbocycles. The summed E-state index contributed by atoms with van der Waals surface area (Å²) in [5, 5.41) is -0.426. The summed E-state index contributed by atoms with van der Waals surface area (Å²) in [7, 11) is 0. The molecule has 3 nitrogen and oxygen atoms in total. The number of halogens is 2. The van der Waals surface area contributed by atoms with E-state index in [9.17, 15) is 9.36 Å². The van der Waals surface area contributed by atoms with Gasteiger partial charge in [0.1, 0.15) is 0 Å². The van der Waals surface area contributed by atoms with Gasteiger partial charge in [-0.15, -0.1) is 0 Å². The number of hydrogen-bond acceptors (Lipinski definition) is 2. The van der Waals surface area contributed by atoms with Crippen LogP contribution >= 0.6 is 29.6 Å². The summed E-state index contributed by atoms with van der Waals surface area (Å²) < 4.78 is 10.6. The lowest BCUT2D eigenvalue weighted by atomic mass is 10.1. The lowest BCUT2D eigenvalue weighted by Crippen LogP contribution is -2.01. The number of carbonyl (C=O) groups excluding carboxylic acids is 1. The minimum atomic E-state index is -3.45. The molecule has 0 aliphatic rings. The van der Waals surface area contributed by atoms with Crippen molar-refractivity contribution in [1.82, 2.24) is 0 Å². The van der Waals surface area contributed by atoms with Gasteiger partial charge in [0.25, 0.3) is 6.72 Å². The van der Waals surface area contributed by atoms with E-state index in [0.717, 1.165) is 0 Å². The van der Waals surface area contributed by atoms with E-state index in [-0.39, 0.29) is 18.5 Å². The van der Waals surface area contributed by atoms with E-state index >= 15 is 0 Å². The summed E-state index contributed by atoms with van der Waals surface area (Å²) in [4.78, 5) is 19.1. The van der Waals surface area contributed by atoms with Gasteiger partial charge in [0.2, 0.25) is 5.24 Å². The maximum atomic E-state index is 10.6. The smallest absolute Gasteiger partial charge is 0.287 e. The fourth-order valence-electron chi connectivity index (χ4n) is 0.756. The molecule has 1 N–H and O–H groups in total. The van der Waals surface area contributed by atoms with Crippen LogP contribution in [0.5, 0.6) is 0 Å². The first kappa shape index (κ1) is 12.4. The van der Waals surface area contributed by atoms with Crippen molar-refractivity contribution in [3.63, 3.8) is 0 Å². The van der Waals surface area contributed by atoms with Crippen molar-refractivity contribution in [3.05, 3.63) is 0 Å². The van der Waals surface area contributed by atoms with Crippen molar-refractivity contribution in [2.75, 3.05) is 6.16 Å². The Balaban J connectivity index is 3.65. The van der Waals surface area contributed by atoms with Gasteiger partial charge in [0.05, 0.1) is 0 Å². The highest BCUT2D eigenvalue weighted by Crippen LogP contribution is 2.47. The third kappa shape index (κ3) is 8.54. The van der Waals surface area contributed by atoms with Gasteiger partial charge in [0, 0.05) is 12.6 Å². The Morgan fingerprint density at radius 2 is 2.17 bits per heavy atom. The first-order valence-electron chi connectivity index (χ1n) is 3.51. The lowest BCUT2D eigenvalue weighted by Gasteiger charge is -2.08. The van der Waals surface area contributed by atoms with Gasteiger partial charge in [0.15, 0.2) is 0 Å². The largest absolute Gasteiger partial charge is 0.333 e. The fraction of sp³-hybridized carbons (Fsp3) is 0.833. The number of carbonyl (C=O) groups is 1. The van der Waals surface area contributed by atoms with Crippen molar-refractivity contribution in [2.24, 2.45) is 5.92 Å². The highest BCUT2D eigenvalue weighted by atomic mass is 35.7. The zero-order valence-corrected chi connectivity index (χ0v) is 9.07. The van der Waals surface area contributed by atoms with E-state index < -0.39 is 12.0 Å². The Kier molecular flexibility index (Phi) is 5.42. The van der Waals surface area contributed by atoms with Crippen LogP contribution in [0.4, 0.5) is 0 Å². The summed E-state index contributed by atoms with van der Waals surface area (Å²) in [6, 6.07) is 0. The van der Waals surface area contributed by atoms with Crippen LogP contribution in [0.2, 0.25) is 0 Å². The van der Waals surface area contributed by atoms with Crippen LogP contribution in [0.15, 0.2) is 0 Å². The molecule has 0 aliphatic heterocycles. The standard InChI is InChI=1S/C6H11Cl2O3P/c1-5(4-6(7)9)2-3-12(8,10)11/h5H,2-4H2,1H3,(H,10,11). The average molecular weight is 233 g/mol. The van der Waals surface area contributed by atoms with Crippen LogP contribution in [0.1, 0.15) is 19.8 Å². The quantitative estimate of drug-likeness (QED) is 0.586. The molecule has 0 aromatic heterocycles. The molecule has 12 heavy (non-hydrogen) atoms. The van der Waals surface area contributed by atoms with Gasteiger partial charge in [-0.2, -0.15) is 0 Å². The fourth-order valence-corrected chi connectivity index (χ4v) is 2.07. The van der Waals surface area contributed by atoms with E-state index in [0.29, 0.717) is 6.42 Å². The Labute approximate surface area is 81.3 Å². The second-order valence-electron chi connectivity index (χ2n) is 2.79. The van der Waals surface area contributed by atoms with Gasteiger partial charge in [-0.05, 0) is 35.2 Å². The highest BCUT2D eigenvalue weighted by Gasteiger charge is 2.16. The SMILES string of the molecule is CC(CCP(=O)(O)Cl)CC(=O)Cl. The van der Waals surface area contributed by atoms with Crippen LogP contribution in [0.25, 0.3) is 0 Å². The van der Waals surface area contributed by atoms with Crippen LogP contribution in [0, 0.1) is 5.92 Å². The molecule has 0 saturated carbocycles. The van der Waals surface area contributed by atoms with Gasteiger partial charge in [-0.1, -0.05) is 6.92 Å². The molecular weight excluding hydrogens is 222 g/mol. The first-order chi connectivity index (χ1) is 5.31. The monoisotopic (exact) mass is 232 g/mol. The van der Waals surface area contributed by atoms with Crippen molar-refractivity contribution in [1.29, 1.82) is 0 Å². The van der Waals surface area contributed by atoms with Crippen molar-refractivity contribution in [2.45, 2.75) is 19.8 Å². The van der Waals surface area contributed by atoms with Crippen molar-refractivity contribution < 1.29 is 14.3 Å². The molecule has 0 fully saturated rings. The third-order valence-corrected chi connectivity index (χ3v) is 2.88. The molecule has 6 heteroatoms. The second kappa shape index (κ2) is 5.23. The van der Waals surface area contributed by atoms with Gasteiger partial charge < -0.3 is 4.89 Å². The topological polar surface area (TPSA) is 54.4 Å². The van der Waals surface area contributed by atoms with Crippen molar-refractivity contribution in [3.8, 4) is 0 Å². The molecule has 0 saturated heterocycles.